The molecule has 0 bridgehead atoms. The Hall–Kier alpha value is -1.67. The summed E-state index contributed by atoms with van der Waals surface area (Å²) in [5.41, 5.74) is 4.51. The summed E-state index contributed by atoms with van der Waals surface area (Å²) in [6.45, 7) is 4.16. The zero-order chi connectivity index (χ0) is 13.0. The van der Waals surface area contributed by atoms with Crippen LogP contribution in [0.5, 0.6) is 0 Å². The van der Waals surface area contributed by atoms with Crippen molar-refractivity contribution in [2.45, 2.75) is 32.8 Å². The van der Waals surface area contributed by atoms with E-state index in [1.54, 1.807) is 6.20 Å². The Morgan fingerprint density at radius 1 is 1.11 bits per heavy atom. The highest BCUT2D eigenvalue weighted by Gasteiger charge is 2.08. The lowest BCUT2D eigenvalue weighted by atomic mass is 9.99. The van der Waals surface area contributed by atoms with Gasteiger partial charge in [0.1, 0.15) is 0 Å². The van der Waals surface area contributed by atoms with Gasteiger partial charge < -0.3 is 5.11 Å². The van der Waals surface area contributed by atoms with Crippen LogP contribution in [0.3, 0.4) is 0 Å². The quantitative estimate of drug-likeness (QED) is 0.890. The molecule has 1 aromatic heterocycles. The fourth-order valence-electron chi connectivity index (χ4n) is 1.97. The zero-order valence-corrected chi connectivity index (χ0v) is 10.9. The van der Waals surface area contributed by atoms with E-state index in [1.165, 1.54) is 11.1 Å². The molecule has 1 N–H and O–H groups in total. The van der Waals surface area contributed by atoms with Crippen LogP contribution in [0.2, 0.25) is 0 Å². The van der Waals surface area contributed by atoms with Crippen LogP contribution < -0.4 is 0 Å². The first-order valence-electron chi connectivity index (χ1n) is 6.32. The Morgan fingerprint density at radius 3 is 2.61 bits per heavy atom. The number of nitrogens with zero attached hydrogens (tertiary/aromatic N) is 1. The molecule has 2 aromatic rings. The molecule has 0 spiro atoms. The van der Waals surface area contributed by atoms with Crippen molar-refractivity contribution < 1.29 is 5.11 Å². The number of benzene rings is 1. The number of rotatable bonds is 4. The van der Waals surface area contributed by atoms with Gasteiger partial charge in [0, 0.05) is 11.9 Å². The Morgan fingerprint density at radius 2 is 1.94 bits per heavy atom. The molecule has 2 heteroatoms. The predicted molar refractivity (Wildman–Crippen MR) is 73.4 cm³/mol. The maximum Gasteiger partial charge on any atom is 0.0793 e. The van der Waals surface area contributed by atoms with Gasteiger partial charge in [-0.25, -0.2) is 0 Å². The summed E-state index contributed by atoms with van der Waals surface area (Å²) in [5, 5.41) is 10.2. The van der Waals surface area contributed by atoms with Crippen molar-refractivity contribution in [3.05, 3.63) is 65.0 Å². The molecule has 2 nitrogen and oxygen atoms in total. The third kappa shape index (κ3) is 3.17. The van der Waals surface area contributed by atoms with Gasteiger partial charge in [0.25, 0.3) is 0 Å². The Labute approximate surface area is 108 Å². The minimum Gasteiger partial charge on any atom is -0.388 e. The van der Waals surface area contributed by atoms with Crippen LogP contribution in [0.25, 0.3) is 0 Å². The van der Waals surface area contributed by atoms with Crippen molar-refractivity contribution in [1.29, 1.82) is 0 Å². The van der Waals surface area contributed by atoms with Crippen molar-refractivity contribution >= 4 is 0 Å². The SMILES string of the molecule is Cc1ccc(C(O)CCc2ccccn2)cc1C. The summed E-state index contributed by atoms with van der Waals surface area (Å²) in [6, 6.07) is 12.0. The molecule has 0 radical (unpaired) electrons. The minimum absolute atomic E-state index is 0.411. The number of pyridine rings is 1. The highest BCUT2D eigenvalue weighted by atomic mass is 16.3. The second-order valence-electron chi connectivity index (χ2n) is 4.72. The molecule has 0 aliphatic heterocycles. The first kappa shape index (κ1) is 12.8. The molecular formula is C16H19NO. The van der Waals surface area contributed by atoms with E-state index in [0.717, 1.165) is 17.7 Å². The summed E-state index contributed by atoms with van der Waals surface area (Å²) in [5.74, 6) is 0. The molecule has 1 aromatic carbocycles. The average Bonchev–Trinajstić information content (AvgIpc) is 2.40. The average molecular weight is 241 g/mol. The van der Waals surface area contributed by atoms with Crippen LogP contribution in [0.1, 0.15) is 34.9 Å². The second kappa shape index (κ2) is 5.78. The fourth-order valence-corrected chi connectivity index (χ4v) is 1.97. The van der Waals surface area contributed by atoms with Crippen molar-refractivity contribution in [2.24, 2.45) is 0 Å². The van der Waals surface area contributed by atoms with Crippen molar-refractivity contribution in [3.63, 3.8) is 0 Å². The lowest BCUT2D eigenvalue weighted by Crippen LogP contribution is -2.01. The van der Waals surface area contributed by atoms with Crippen LogP contribution in [-0.4, -0.2) is 10.1 Å². The van der Waals surface area contributed by atoms with Gasteiger partial charge in [-0.2, -0.15) is 0 Å². The maximum atomic E-state index is 10.2. The molecule has 1 unspecified atom stereocenters. The molecule has 94 valence electrons. The highest BCUT2D eigenvalue weighted by molar-refractivity contribution is 5.31. The van der Waals surface area contributed by atoms with Gasteiger partial charge in [0.15, 0.2) is 0 Å². The molecule has 0 saturated carbocycles. The van der Waals surface area contributed by atoms with Gasteiger partial charge in [-0.3, -0.25) is 4.98 Å². The van der Waals surface area contributed by atoms with E-state index in [1.807, 2.05) is 24.3 Å². The zero-order valence-electron chi connectivity index (χ0n) is 10.9. The van der Waals surface area contributed by atoms with E-state index in [4.69, 9.17) is 0 Å². The van der Waals surface area contributed by atoms with Crippen LogP contribution in [-0.2, 0) is 6.42 Å². The summed E-state index contributed by atoms with van der Waals surface area (Å²) in [4.78, 5) is 4.26. The van der Waals surface area contributed by atoms with E-state index < -0.39 is 6.10 Å². The van der Waals surface area contributed by atoms with Gasteiger partial charge in [-0.15, -0.1) is 0 Å². The molecule has 2 rings (SSSR count). The van der Waals surface area contributed by atoms with Crippen molar-refractivity contribution in [3.8, 4) is 0 Å². The van der Waals surface area contributed by atoms with Crippen LogP contribution >= 0.6 is 0 Å². The van der Waals surface area contributed by atoms with Crippen LogP contribution in [0.15, 0.2) is 42.6 Å². The predicted octanol–water partition coefficient (Wildman–Crippen LogP) is 3.36. The summed E-state index contributed by atoms with van der Waals surface area (Å²) in [6.07, 6.45) is 2.89. The summed E-state index contributed by atoms with van der Waals surface area (Å²) >= 11 is 0. The van der Waals surface area contributed by atoms with E-state index in [9.17, 15) is 5.11 Å². The number of aliphatic hydroxyl groups excluding tert-OH is 1. The molecule has 0 amide bonds. The standard InChI is InChI=1S/C16H19NO/c1-12-6-7-14(11-13(12)2)16(18)9-8-15-5-3-4-10-17-15/h3-7,10-11,16,18H,8-9H2,1-2H3. The normalized spacial score (nSPS) is 12.4. The highest BCUT2D eigenvalue weighted by Crippen LogP contribution is 2.21. The fraction of sp³-hybridized carbons (Fsp3) is 0.312. The van der Waals surface area contributed by atoms with Crippen molar-refractivity contribution in [2.75, 3.05) is 0 Å². The number of aromatic nitrogens is 1. The van der Waals surface area contributed by atoms with E-state index in [0.29, 0.717) is 6.42 Å². The van der Waals surface area contributed by atoms with Gasteiger partial charge in [-0.05, 0) is 55.5 Å². The Kier molecular flexibility index (Phi) is 4.11. The van der Waals surface area contributed by atoms with E-state index in [-0.39, 0.29) is 0 Å². The second-order valence-corrected chi connectivity index (χ2v) is 4.72. The maximum absolute atomic E-state index is 10.2. The van der Waals surface area contributed by atoms with Gasteiger partial charge in [0.05, 0.1) is 6.10 Å². The third-order valence-electron chi connectivity index (χ3n) is 3.32. The van der Waals surface area contributed by atoms with E-state index >= 15 is 0 Å². The monoisotopic (exact) mass is 241 g/mol. The molecule has 18 heavy (non-hydrogen) atoms. The van der Waals surface area contributed by atoms with Gasteiger partial charge >= 0.3 is 0 Å². The minimum atomic E-state index is -0.411. The molecule has 0 fully saturated rings. The largest absolute Gasteiger partial charge is 0.388 e. The van der Waals surface area contributed by atoms with Crippen LogP contribution in [0, 0.1) is 13.8 Å². The molecular weight excluding hydrogens is 222 g/mol. The number of aliphatic hydroxyl groups is 1. The molecule has 0 aliphatic rings. The third-order valence-corrected chi connectivity index (χ3v) is 3.32. The van der Waals surface area contributed by atoms with Crippen LogP contribution in [0.4, 0.5) is 0 Å². The first-order chi connectivity index (χ1) is 8.66. The molecule has 0 aliphatic carbocycles. The van der Waals surface area contributed by atoms with Gasteiger partial charge in [-0.1, -0.05) is 24.3 Å². The summed E-state index contributed by atoms with van der Waals surface area (Å²) in [7, 11) is 0. The van der Waals surface area contributed by atoms with Crippen molar-refractivity contribution in [1.82, 2.24) is 4.98 Å². The lowest BCUT2D eigenvalue weighted by Gasteiger charge is -2.12. The molecule has 1 heterocycles. The first-order valence-corrected chi connectivity index (χ1v) is 6.32. The smallest absolute Gasteiger partial charge is 0.0793 e. The number of aryl methyl sites for hydroxylation is 3. The molecule has 0 saturated heterocycles. The number of hydrogen-bond donors (Lipinski definition) is 1. The Bertz CT molecular complexity index is 508. The Balaban J connectivity index is 1.99. The lowest BCUT2D eigenvalue weighted by molar-refractivity contribution is 0.167. The molecule has 1 atom stereocenters. The number of hydrogen-bond acceptors (Lipinski definition) is 2. The summed E-state index contributed by atoms with van der Waals surface area (Å²) < 4.78 is 0. The topological polar surface area (TPSA) is 33.1 Å². The van der Waals surface area contributed by atoms with E-state index in [2.05, 4.69) is 31.0 Å². The van der Waals surface area contributed by atoms with Gasteiger partial charge in [0.2, 0.25) is 0 Å².